The van der Waals surface area contributed by atoms with E-state index in [1.807, 2.05) is 99.8 Å². The van der Waals surface area contributed by atoms with Crippen LogP contribution >= 0.6 is 11.6 Å². The Balaban J connectivity index is 1.57. The van der Waals surface area contributed by atoms with E-state index in [0.717, 1.165) is 43.9 Å². The van der Waals surface area contributed by atoms with Gasteiger partial charge in [0.2, 0.25) is 0 Å². The van der Waals surface area contributed by atoms with E-state index < -0.39 is 17.7 Å². The molecule has 5 rings (SSSR count). The lowest BCUT2D eigenvalue weighted by Crippen LogP contribution is -2.35. The summed E-state index contributed by atoms with van der Waals surface area (Å²) in [7, 11) is 1.70. The molecule has 0 atom stereocenters. The Hall–Kier alpha value is -5.00. The van der Waals surface area contributed by atoms with Gasteiger partial charge in [-0.2, -0.15) is 5.10 Å². The highest BCUT2D eigenvalue weighted by molar-refractivity contribution is 6.32. The number of rotatable bonds is 16. The van der Waals surface area contributed by atoms with Crippen LogP contribution < -0.4 is 9.47 Å². The Bertz CT molecular complexity index is 2040. The minimum absolute atomic E-state index is 0.145. The summed E-state index contributed by atoms with van der Waals surface area (Å²) in [6, 6.07) is 19.2. The number of ether oxygens (including phenoxy) is 4. The summed E-state index contributed by atoms with van der Waals surface area (Å²) in [4.78, 5) is 28.3. The number of nitrogens with zero attached hydrogens (tertiary/aromatic N) is 3. The number of nitrogens with one attached hydrogen (secondary N) is 1. The highest BCUT2D eigenvalue weighted by Gasteiger charge is 2.28. The van der Waals surface area contributed by atoms with Crippen molar-refractivity contribution in [3.05, 3.63) is 99.5 Å². The summed E-state index contributed by atoms with van der Waals surface area (Å²) >= 11 is 6.39. The first-order valence-electron chi connectivity index (χ1n) is 18.3. The van der Waals surface area contributed by atoms with Gasteiger partial charge in [0.05, 0.1) is 31.0 Å². The van der Waals surface area contributed by atoms with Crippen LogP contribution in [0.3, 0.4) is 0 Å². The number of hydrogen-bond donors (Lipinski definition) is 2. The number of aliphatic hydroxyl groups excluding tert-OH is 1. The number of aromatic nitrogens is 3. The van der Waals surface area contributed by atoms with Gasteiger partial charge in [-0.15, -0.1) is 0 Å². The quantitative estimate of drug-likeness (QED) is 0.0755. The van der Waals surface area contributed by atoms with Crippen LogP contribution in [0.15, 0.2) is 60.7 Å². The van der Waals surface area contributed by atoms with Gasteiger partial charge < -0.3 is 33.5 Å². The van der Waals surface area contributed by atoms with E-state index in [1.54, 1.807) is 18.9 Å². The zero-order valence-electron chi connectivity index (χ0n) is 32.3. The second-order valence-electron chi connectivity index (χ2n) is 14.3. The maximum Gasteiger partial charge on any atom is 0.410 e. The van der Waals surface area contributed by atoms with E-state index >= 15 is 0 Å². The van der Waals surface area contributed by atoms with Crippen LogP contribution in [0.4, 0.5) is 4.79 Å². The fourth-order valence-corrected chi connectivity index (χ4v) is 6.65. The number of amides is 1. The number of H-pyrrole nitrogens is 1. The van der Waals surface area contributed by atoms with E-state index in [2.05, 4.69) is 10.2 Å². The molecule has 2 aromatic heterocycles. The molecule has 0 unspecified atom stereocenters. The fourth-order valence-electron chi connectivity index (χ4n) is 6.54. The average Bonchev–Trinajstić information content (AvgIpc) is 3.69. The zero-order valence-corrected chi connectivity index (χ0v) is 33.0. The number of benzene rings is 3. The van der Waals surface area contributed by atoms with Crippen LogP contribution in [0.2, 0.25) is 5.02 Å². The minimum atomic E-state index is -0.630. The van der Waals surface area contributed by atoms with Crippen molar-refractivity contribution in [2.24, 2.45) is 0 Å². The van der Waals surface area contributed by atoms with E-state index in [4.69, 9.17) is 30.5 Å². The number of carbonyl (C=O) groups is 2. The molecule has 3 aromatic carbocycles. The molecular weight excluding hydrogens is 708 g/mol. The van der Waals surface area contributed by atoms with Crippen molar-refractivity contribution in [1.82, 2.24) is 19.7 Å². The highest BCUT2D eigenvalue weighted by atomic mass is 35.5. The van der Waals surface area contributed by atoms with Crippen LogP contribution in [0.1, 0.15) is 79.1 Å². The molecular formula is C42H51ClN4O7. The number of halogens is 1. The molecule has 0 aliphatic heterocycles. The zero-order chi connectivity index (χ0) is 39.0. The third kappa shape index (κ3) is 9.56. The second-order valence-corrected chi connectivity index (χ2v) is 14.6. The molecule has 5 aromatic rings. The van der Waals surface area contributed by atoms with Gasteiger partial charge in [-0.25, -0.2) is 9.59 Å². The Labute approximate surface area is 322 Å². The first-order chi connectivity index (χ1) is 25.8. The lowest BCUT2D eigenvalue weighted by atomic mass is 9.98. The van der Waals surface area contributed by atoms with Crippen LogP contribution in [0.5, 0.6) is 11.5 Å². The number of aliphatic hydroxyl groups is 1. The van der Waals surface area contributed by atoms with E-state index in [0.29, 0.717) is 67.4 Å². The van der Waals surface area contributed by atoms with Crippen molar-refractivity contribution in [2.75, 3.05) is 26.8 Å². The number of hydrogen-bond acceptors (Lipinski definition) is 8. The number of para-hydroxylation sites is 2. The summed E-state index contributed by atoms with van der Waals surface area (Å²) < 4.78 is 25.5. The van der Waals surface area contributed by atoms with Crippen molar-refractivity contribution in [1.29, 1.82) is 0 Å². The number of aromatic amines is 1. The third-order valence-corrected chi connectivity index (χ3v) is 9.54. The Morgan fingerprint density at radius 1 is 0.981 bits per heavy atom. The molecule has 12 heteroatoms. The van der Waals surface area contributed by atoms with Gasteiger partial charge in [0.1, 0.15) is 35.1 Å². The molecule has 0 aliphatic rings. The van der Waals surface area contributed by atoms with Crippen LogP contribution in [0, 0.1) is 13.8 Å². The summed E-state index contributed by atoms with van der Waals surface area (Å²) in [6.45, 7) is 12.4. The van der Waals surface area contributed by atoms with Gasteiger partial charge in [0.25, 0.3) is 0 Å². The van der Waals surface area contributed by atoms with Gasteiger partial charge in [-0.1, -0.05) is 48.0 Å². The second kappa shape index (κ2) is 17.9. The molecule has 2 heterocycles. The molecule has 0 saturated carbocycles. The molecule has 0 radical (unpaired) electrons. The first-order valence-corrected chi connectivity index (χ1v) is 18.7. The Kier molecular flexibility index (Phi) is 13.3. The fraction of sp³-hybridized carbons (Fsp3) is 0.405. The van der Waals surface area contributed by atoms with Gasteiger partial charge in [0.15, 0.2) is 0 Å². The lowest BCUT2D eigenvalue weighted by molar-refractivity contribution is 0.0294. The Morgan fingerprint density at radius 3 is 2.37 bits per heavy atom. The van der Waals surface area contributed by atoms with Crippen molar-refractivity contribution >= 4 is 34.6 Å². The normalized spacial score (nSPS) is 11.5. The first kappa shape index (κ1) is 40.2. The largest absolute Gasteiger partial charge is 0.494 e. The standard InChI is InChI=1S/C42H51ClN4O7/c1-8-51-40(49)39-32(19-13-22-52-30-23-27(2)37(43)28(3)24-30)31-17-12-18-33(38(31)47(39)21-14-20-46(7)41(50)54-42(4,5)6)36-34(25-48)44-45-35(36)26-53-29-15-10-9-11-16-29/h9-12,15-18,23-24,48H,8,13-14,19-22,25-26H2,1-7H3,(H,44,45). The molecule has 0 saturated heterocycles. The molecule has 288 valence electrons. The molecule has 0 spiro atoms. The van der Waals surface area contributed by atoms with E-state index in [9.17, 15) is 14.7 Å². The predicted molar refractivity (Wildman–Crippen MR) is 210 cm³/mol. The van der Waals surface area contributed by atoms with Crippen molar-refractivity contribution in [3.8, 4) is 22.6 Å². The number of fused-ring (bicyclic) bond motifs is 1. The smallest absolute Gasteiger partial charge is 0.410 e. The van der Waals surface area contributed by atoms with Gasteiger partial charge in [0, 0.05) is 41.7 Å². The highest BCUT2D eigenvalue weighted by Crippen LogP contribution is 2.39. The van der Waals surface area contributed by atoms with Gasteiger partial charge in [-0.3, -0.25) is 5.10 Å². The lowest BCUT2D eigenvalue weighted by Gasteiger charge is -2.24. The summed E-state index contributed by atoms with van der Waals surface area (Å²) in [5, 5.41) is 19.6. The van der Waals surface area contributed by atoms with E-state index in [1.165, 1.54) is 0 Å². The summed E-state index contributed by atoms with van der Waals surface area (Å²) in [6.07, 6.45) is 1.22. The topological polar surface area (TPSA) is 128 Å². The maximum absolute atomic E-state index is 14.0. The monoisotopic (exact) mass is 758 g/mol. The molecule has 11 nitrogen and oxygen atoms in total. The SMILES string of the molecule is CCOC(=O)c1c(CCCOc2cc(C)c(Cl)c(C)c2)c2cccc(-c3c(COc4ccccc4)n[nH]c3CO)c2n1CCCN(C)C(=O)OC(C)(C)C. The average molecular weight is 759 g/mol. The van der Waals surface area contributed by atoms with Gasteiger partial charge in [-0.05, 0) is 102 Å². The molecule has 1 amide bonds. The van der Waals surface area contributed by atoms with Crippen molar-refractivity contribution in [2.45, 2.75) is 86.2 Å². The number of carbonyl (C=O) groups excluding carboxylic acids is 2. The summed E-state index contributed by atoms with van der Waals surface area (Å²) in [5.41, 5.74) is 5.91. The predicted octanol–water partition coefficient (Wildman–Crippen LogP) is 8.82. The molecule has 0 aliphatic carbocycles. The number of esters is 1. The third-order valence-electron chi connectivity index (χ3n) is 8.95. The maximum atomic E-state index is 14.0. The van der Waals surface area contributed by atoms with Crippen molar-refractivity contribution in [3.63, 3.8) is 0 Å². The minimum Gasteiger partial charge on any atom is -0.494 e. The van der Waals surface area contributed by atoms with Crippen LogP contribution in [0.25, 0.3) is 22.0 Å². The van der Waals surface area contributed by atoms with Crippen LogP contribution in [-0.2, 0) is 35.7 Å². The van der Waals surface area contributed by atoms with Gasteiger partial charge >= 0.3 is 12.1 Å². The van der Waals surface area contributed by atoms with E-state index in [-0.39, 0.29) is 19.8 Å². The summed E-state index contributed by atoms with van der Waals surface area (Å²) in [5.74, 6) is 0.980. The molecule has 2 N–H and O–H groups in total. The van der Waals surface area contributed by atoms with Crippen LogP contribution in [-0.4, -0.2) is 69.2 Å². The number of aryl methyl sites for hydroxylation is 4. The Morgan fingerprint density at radius 2 is 1.70 bits per heavy atom. The molecule has 54 heavy (non-hydrogen) atoms. The molecule has 0 bridgehead atoms. The molecule has 0 fully saturated rings. The van der Waals surface area contributed by atoms with Crippen molar-refractivity contribution < 1.29 is 33.6 Å².